The second kappa shape index (κ2) is 6.61. The number of carbonyl (C=O) groups is 1. The molecule has 146 valence electrons. The molecular formula is C21H34NO4+. The van der Waals surface area contributed by atoms with Crippen molar-refractivity contribution in [3.63, 3.8) is 0 Å². The lowest BCUT2D eigenvalue weighted by Crippen LogP contribution is -3.16. The molecule has 0 amide bonds. The van der Waals surface area contributed by atoms with Crippen LogP contribution in [0.25, 0.3) is 0 Å². The predicted octanol–water partition coefficient (Wildman–Crippen LogP) is 0.964. The first-order valence-electron chi connectivity index (χ1n) is 10.4. The molecule has 26 heavy (non-hydrogen) atoms. The number of hydrogen-bond acceptors (Lipinski definition) is 4. The molecular weight excluding hydrogens is 330 g/mol. The van der Waals surface area contributed by atoms with Gasteiger partial charge in [-0.25, -0.2) is 0 Å². The quantitative estimate of drug-likeness (QED) is 0.566. The normalized spacial score (nSPS) is 51.3. The third-order valence-corrected chi connectivity index (χ3v) is 7.70. The maximum Gasteiger partial charge on any atom is 0.315 e. The van der Waals surface area contributed by atoms with Crippen LogP contribution in [0.3, 0.4) is 0 Å². The molecule has 2 heterocycles. The zero-order valence-corrected chi connectivity index (χ0v) is 16.5. The van der Waals surface area contributed by atoms with E-state index in [9.17, 15) is 9.90 Å². The molecule has 0 spiro atoms. The number of nitrogens with one attached hydrogen (secondary N) is 1. The number of allylic oxidation sites excluding steroid dienone is 1. The summed E-state index contributed by atoms with van der Waals surface area (Å²) in [7, 11) is 0. The minimum absolute atomic E-state index is 0.0776. The van der Waals surface area contributed by atoms with E-state index in [1.807, 2.05) is 0 Å². The molecule has 2 N–H and O–H groups in total. The third kappa shape index (κ3) is 2.83. The molecule has 0 aromatic carbocycles. The van der Waals surface area contributed by atoms with Crippen LogP contribution in [0.1, 0.15) is 47.0 Å². The van der Waals surface area contributed by atoms with Crippen LogP contribution in [0.2, 0.25) is 0 Å². The van der Waals surface area contributed by atoms with Crippen LogP contribution in [-0.2, 0) is 14.3 Å². The van der Waals surface area contributed by atoms with Crippen LogP contribution in [0.4, 0.5) is 0 Å². The van der Waals surface area contributed by atoms with E-state index in [4.69, 9.17) is 9.47 Å². The van der Waals surface area contributed by atoms with Crippen LogP contribution in [0.5, 0.6) is 0 Å². The van der Waals surface area contributed by atoms with Gasteiger partial charge in [-0.3, -0.25) is 4.79 Å². The molecule has 0 radical (unpaired) electrons. The summed E-state index contributed by atoms with van der Waals surface area (Å²) < 4.78 is 11.6. The predicted molar refractivity (Wildman–Crippen MR) is 97.6 cm³/mol. The molecule has 1 saturated carbocycles. The first-order chi connectivity index (χ1) is 12.3. The van der Waals surface area contributed by atoms with E-state index in [0.717, 1.165) is 38.9 Å². The van der Waals surface area contributed by atoms with E-state index in [1.54, 1.807) is 0 Å². The number of aliphatic hydroxyl groups is 1. The fourth-order valence-electron chi connectivity index (χ4n) is 6.16. The molecule has 5 heteroatoms. The Hall–Kier alpha value is -0.910. The van der Waals surface area contributed by atoms with Gasteiger partial charge < -0.3 is 19.5 Å². The summed E-state index contributed by atoms with van der Waals surface area (Å²) in [6, 6.07) is 0. The average Bonchev–Trinajstić information content (AvgIpc) is 2.85. The van der Waals surface area contributed by atoms with Gasteiger partial charge in [0.05, 0.1) is 12.6 Å². The number of aliphatic hydroxyl groups excluding tert-OH is 1. The second-order valence-electron chi connectivity index (χ2n) is 9.42. The fraction of sp³-hybridized carbons (Fsp3) is 0.857. The SMILES string of the molecule is C[C@@H]1C[NH+](C[C@H]2C(=O)O[C@@H]3CC4=CCC[C@@H](C)[C@@]4(C)[C@H](O)[C@@H]32)C[C@H](C)O1. The van der Waals surface area contributed by atoms with Gasteiger partial charge in [0.2, 0.25) is 0 Å². The van der Waals surface area contributed by atoms with Crippen LogP contribution in [-0.4, -0.2) is 55.1 Å². The monoisotopic (exact) mass is 364 g/mol. The van der Waals surface area contributed by atoms with E-state index in [-0.39, 0.29) is 41.5 Å². The molecule has 9 atom stereocenters. The van der Waals surface area contributed by atoms with Crippen molar-refractivity contribution in [2.24, 2.45) is 23.2 Å². The van der Waals surface area contributed by atoms with Crippen molar-refractivity contribution in [3.05, 3.63) is 11.6 Å². The van der Waals surface area contributed by atoms with Gasteiger partial charge in [-0.05, 0) is 32.6 Å². The second-order valence-corrected chi connectivity index (χ2v) is 9.42. The zero-order chi connectivity index (χ0) is 18.6. The van der Waals surface area contributed by atoms with Gasteiger partial charge in [0.1, 0.15) is 37.3 Å². The molecule has 5 nitrogen and oxygen atoms in total. The number of quaternary nitrogens is 1. The Balaban J connectivity index is 1.57. The smallest absolute Gasteiger partial charge is 0.315 e. The Morgan fingerprint density at radius 2 is 1.96 bits per heavy atom. The highest BCUT2D eigenvalue weighted by atomic mass is 16.6. The first-order valence-corrected chi connectivity index (χ1v) is 10.4. The molecule has 3 fully saturated rings. The molecule has 0 aromatic rings. The van der Waals surface area contributed by atoms with Gasteiger partial charge in [0.25, 0.3) is 0 Å². The summed E-state index contributed by atoms with van der Waals surface area (Å²) in [5, 5.41) is 11.4. The number of esters is 1. The summed E-state index contributed by atoms with van der Waals surface area (Å²) in [5.41, 5.74) is 1.09. The minimum Gasteiger partial charge on any atom is -0.461 e. The molecule has 1 unspecified atom stereocenters. The van der Waals surface area contributed by atoms with Crippen molar-refractivity contribution in [2.75, 3.05) is 19.6 Å². The number of carbonyl (C=O) groups excluding carboxylic acids is 1. The van der Waals surface area contributed by atoms with Crippen LogP contribution in [0, 0.1) is 23.2 Å². The lowest BCUT2D eigenvalue weighted by atomic mass is 9.55. The van der Waals surface area contributed by atoms with Gasteiger partial charge in [-0.2, -0.15) is 0 Å². The number of fused-ring (bicyclic) bond motifs is 2. The van der Waals surface area contributed by atoms with Gasteiger partial charge in [-0.15, -0.1) is 0 Å². The van der Waals surface area contributed by atoms with Crippen LogP contribution in [0.15, 0.2) is 11.6 Å². The molecule has 2 aliphatic carbocycles. The Morgan fingerprint density at radius 3 is 2.65 bits per heavy atom. The lowest BCUT2D eigenvalue weighted by Gasteiger charge is -2.51. The minimum atomic E-state index is -0.505. The number of ether oxygens (including phenoxy) is 2. The van der Waals surface area contributed by atoms with E-state index < -0.39 is 6.10 Å². The van der Waals surface area contributed by atoms with Crippen molar-refractivity contribution in [2.45, 2.75) is 71.4 Å². The van der Waals surface area contributed by atoms with Crippen molar-refractivity contribution >= 4 is 5.97 Å². The topological polar surface area (TPSA) is 60.2 Å². The standard InChI is InChI=1S/C21H33NO4/c1-12-6-5-7-15-8-17-18(19(23)21(12,15)4)16(20(24)26-17)11-22-9-13(2)25-14(3)10-22/h7,12-14,16-19,23H,5-6,8-11H2,1-4H3/p+1/t12-,13-,14+,16-,17-,18-,19-,21-/m1/s1. The lowest BCUT2D eigenvalue weighted by molar-refractivity contribution is -0.917. The van der Waals surface area contributed by atoms with Gasteiger partial charge >= 0.3 is 5.97 Å². The van der Waals surface area contributed by atoms with E-state index in [0.29, 0.717) is 5.92 Å². The maximum atomic E-state index is 12.7. The number of hydrogen-bond donors (Lipinski definition) is 2. The van der Waals surface area contributed by atoms with E-state index >= 15 is 0 Å². The Morgan fingerprint density at radius 1 is 1.27 bits per heavy atom. The van der Waals surface area contributed by atoms with Crippen molar-refractivity contribution in [1.29, 1.82) is 0 Å². The van der Waals surface area contributed by atoms with Crippen molar-refractivity contribution in [1.82, 2.24) is 0 Å². The third-order valence-electron chi connectivity index (χ3n) is 7.70. The van der Waals surface area contributed by atoms with Crippen LogP contribution < -0.4 is 4.90 Å². The summed E-state index contributed by atoms with van der Waals surface area (Å²) in [6.45, 7) is 11.2. The number of morpholine rings is 1. The highest BCUT2D eigenvalue weighted by Crippen LogP contribution is 2.55. The summed E-state index contributed by atoms with van der Waals surface area (Å²) >= 11 is 0. The molecule has 4 aliphatic rings. The Bertz CT molecular complexity index is 595. The van der Waals surface area contributed by atoms with E-state index in [2.05, 4.69) is 33.8 Å². The summed E-state index contributed by atoms with van der Waals surface area (Å²) in [4.78, 5) is 14.1. The van der Waals surface area contributed by atoms with Gasteiger partial charge in [-0.1, -0.05) is 25.5 Å². The fourth-order valence-corrected chi connectivity index (χ4v) is 6.16. The van der Waals surface area contributed by atoms with Gasteiger partial charge in [0, 0.05) is 17.8 Å². The molecule has 0 bridgehead atoms. The highest BCUT2D eigenvalue weighted by Gasteiger charge is 2.60. The van der Waals surface area contributed by atoms with Gasteiger partial charge in [0.15, 0.2) is 0 Å². The summed E-state index contributed by atoms with van der Waals surface area (Å²) in [6.07, 6.45) is 5.04. The number of rotatable bonds is 2. The Labute approximate surface area is 156 Å². The highest BCUT2D eigenvalue weighted by molar-refractivity contribution is 5.76. The zero-order valence-electron chi connectivity index (χ0n) is 16.5. The molecule has 0 aromatic heterocycles. The first kappa shape index (κ1) is 18.5. The summed E-state index contributed by atoms with van der Waals surface area (Å²) in [5.74, 6) is 0.0561. The average molecular weight is 365 g/mol. The van der Waals surface area contributed by atoms with Crippen LogP contribution >= 0.6 is 0 Å². The van der Waals surface area contributed by atoms with Crippen molar-refractivity contribution < 1.29 is 24.3 Å². The van der Waals surface area contributed by atoms with Crippen molar-refractivity contribution in [3.8, 4) is 0 Å². The molecule has 2 saturated heterocycles. The largest absolute Gasteiger partial charge is 0.461 e. The Kier molecular flexibility index (Phi) is 4.69. The van der Waals surface area contributed by atoms with E-state index in [1.165, 1.54) is 10.5 Å². The molecule has 4 rings (SSSR count). The molecule has 2 aliphatic heterocycles. The maximum absolute atomic E-state index is 12.7.